The Morgan fingerprint density at radius 3 is 2.55 bits per heavy atom. The van der Waals surface area contributed by atoms with Crippen LogP contribution in [-0.2, 0) is 0 Å². The van der Waals surface area contributed by atoms with Crippen molar-refractivity contribution in [3.05, 3.63) is 27.3 Å². The molecule has 0 aliphatic heterocycles. The monoisotopic (exact) mass is 280 g/mol. The average Bonchev–Trinajstić information content (AvgIpc) is 1.85. The minimum Gasteiger partial charge on any atom is -0.478 e. The minimum absolute atomic E-state index is 0.274. The van der Waals surface area contributed by atoms with Crippen molar-refractivity contribution in [1.29, 1.82) is 0 Å². The molecule has 0 aliphatic rings. The molecule has 0 fully saturated rings. The van der Waals surface area contributed by atoms with Gasteiger partial charge in [0.2, 0.25) is 0 Å². The van der Waals surface area contributed by atoms with Crippen molar-refractivity contribution < 1.29 is 9.90 Å². The predicted molar refractivity (Wildman–Crippen MR) is 53.4 cm³/mol. The number of carboxylic acid groups (broad SMARTS) is 1. The third-order valence-electron chi connectivity index (χ3n) is 1.21. The summed E-state index contributed by atoms with van der Waals surface area (Å²) < 4.78 is 0.711. The van der Waals surface area contributed by atoms with Gasteiger partial charge < -0.3 is 5.11 Å². The topological polar surface area (TPSA) is 37.3 Å². The van der Waals surface area contributed by atoms with E-state index in [1.807, 2.05) is 22.6 Å². The summed E-state index contributed by atoms with van der Waals surface area (Å²) in [5.74, 6) is -0.931. The zero-order valence-corrected chi connectivity index (χ0v) is 8.46. The third-order valence-corrected chi connectivity index (χ3v) is 2.48. The predicted octanol–water partition coefficient (Wildman–Crippen LogP) is 2.28. The van der Waals surface area contributed by atoms with E-state index in [2.05, 4.69) is 12.6 Å². The van der Waals surface area contributed by atoms with Crippen LogP contribution in [0.2, 0.25) is 0 Å². The molecule has 0 atom stereocenters. The number of hydrogen-bond acceptors (Lipinski definition) is 2. The Kier molecular flexibility index (Phi) is 2.78. The van der Waals surface area contributed by atoms with Crippen LogP contribution in [0.3, 0.4) is 0 Å². The number of benzene rings is 1. The van der Waals surface area contributed by atoms with E-state index in [-0.39, 0.29) is 5.56 Å². The smallest absolute Gasteiger partial charge is 0.337 e. The van der Waals surface area contributed by atoms with Crippen LogP contribution >= 0.6 is 35.2 Å². The lowest BCUT2D eigenvalue weighted by Crippen LogP contribution is -2.00. The highest BCUT2D eigenvalue weighted by molar-refractivity contribution is 14.1. The van der Waals surface area contributed by atoms with Crippen LogP contribution in [0.15, 0.2) is 23.1 Å². The van der Waals surface area contributed by atoms with Crippen LogP contribution in [-0.4, -0.2) is 11.1 Å². The molecule has 1 rings (SSSR count). The van der Waals surface area contributed by atoms with Crippen molar-refractivity contribution in [3.8, 4) is 0 Å². The number of rotatable bonds is 1. The van der Waals surface area contributed by atoms with Crippen LogP contribution in [0.4, 0.5) is 0 Å². The minimum atomic E-state index is -0.931. The third kappa shape index (κ3) is 1.87. The van der Waals surface area contributed by atoms with Crippen LogP contribution in [0.5, 0.6) is 0 Å². The molecule has 2 nitrogen and oxygen atoms in total. The van der Waals surface area contributed by atoms with E-state index in [0.717, 1.165) is 0 Å². The van der Waals surface area contributed by atoms with Crippen molar-refractivity contribution in [2.45, 2.75) is 4.90 Å². The van der Waals surface area contributed by atoms with E-state index in [0.29, 0.717) is 8.47 Å². The Balaban J connectivity index is 3.32. The molecule has 0 heterocycles. The van der Waals surface area contributed by atoms with Gasteiger partial charge in [-0.15, -0.1) is 12.6 Å². The maximum atomic E-state index is 10.6. The molecule has 0 spiro atoms. The summed E-state index contributed by atoms with van der Waals surface area (Å²) in [4.78, 5) is 11.1. The lowest BCUT2D eigenvalue weighted by atomic mass is 10.2. The van der Waals surface area contributed by atoms with E-state index in [1.54, 1.807) is 18.2 Å². The maximum absolute atomic E-state index is 10.6. The van der Waals surface area contributed by atoms with Gasteiger partial charge in [-0.25, -0.2) is 4.79 Å². The highest BCUT2D eigenvalue weighted by Crippen LogP contribution is 2.19. The Morgan fingerprint density at radius 1 is 1.55 bits per heavy atom. The van der Waals surface area contributed by atoms with E-state index >= 15 is 0 Å². The molecule has 11 heavy (non-hydrogen) atoms. The summed E-state index contributed by atoms with van der Waals surface area (Å²) in [7, 11) is 0. The fraction of sp³-hybridized carbons (Fsp3) is 0. The van der Waals surface area contributed by atoms with Gasteiger partial charge >= 0.3 is 5.97 Å². The van der Waals surface area contributed by atoms with Crippen molar-refractivity contribution in [3.63, 3.8) is 0 Å². The lowest BCUT2D eigenvalue weighted by Gasteiger charge is -2.00. The lowest BCUT2D eigenvalue weighted by molar-refractivity contribution is 0.0692. The summed E-state index contributed by atoms with van der Waals surface area (Å²) >= 11 is 5.99. The van der Waals surface area contributed by atoms with Crippen LogP contribution in [0, 0.1) is 3.57 Å². The number of thiol groups is 1. The molecule has 1 aromatic carbocycles. The van der Waals surface area contributed by atoms with Crippen LogP contribution < -0.4 is 0 Å². The SMILES string of the molecule is O=C(O)c1c(S)cccc1I. The second-order valence-corrected chi connectivity index (χ2v) is 3.58. The standard InChI is InChI=1S/C7H5IO2S/c8-4-2-1-3-5(11)6(4)7(9)10/h1-3,11H,(H,9,10). The molecule has 0 aromatic heterocycles. The molecule has 58 valence electrons. The zero-order valence-electron chi connectivity index (χ0n) is 5.41. The van der Waals surface area contributed by atoms with Gasteiger partial charge in [-0.05, 0) is 34.7 Å². The van der Waals surface area contributed by atoms with Crippen molar-refractivity contribution in [2.24, 2.45) is 0 Å². The second kappa shape index (κ2) is 3.44. The van der Waals surface area contributed by atoms with E-state index in [1.165, 1.54) is 0 Å². The van der Waals surface area contributed by atoms with Gasteiger partial charge in [0.05, 0.1) is 5.56 Å². The molecule has 1 N–H and O–H groups in total. The normalized spacial score (nSPS) is 9.64. The van der Waals surface area contributed by atoms with E-state index in [9.17, 15) is 4.79 Å². The Bertz CT molecular complexity index is 278. The van der Waals surface area contributed by atoms with Gasteiger partial charge in [-0.1, -0.05) is 6.07 Å². The summed E-state index contributed by atoms with van der Waals surface area (Å²) in [6.07, 6.45) is 0. The largest absolute Gasteiger partial charge is 0.478 e. The van der Waals surface area contributed by atoms with Crippen molar-refractivity contribution >= 4 is 41.2 Å². The fourth-order valence-corrected chi connectivity index (χ4v) is 1.97. The van der Waals surface area contributed by atoms with E-state index in [4.69, 9.17) is 5.11 Å². The van der Waals surface area contributed by atoms with Crippen LogP contribution in [0.1, 0.15) is 10.4 Å². The highest BCUT2D eigenvalue weighted by atomic mass is 127. The van der Waals surface area contributed by atoms with Crippen molar-refractivity contribution in [2.75, 3.05) is 0 Å². The highest BCUT2D eigenvalue weighted by Gasteiger charge is 2.10. The zero-order chi connectivity index (χ0) is 8.43. The summed E-state index contributed by atoms with van der Waals surface area (Å²) in [5, 5.41) is 8.69. The summed E-state index contributed by atoms with van der Waals surface area (Å²) in [6, 6.07) is 5.18. The molecule has 0 aliphatic carbocycles. The fourth-order valence-electron chi connectivity index (χ4n) is 0.724. The van der Waals surface area contributed by atoms with Crippen LogP contribution in [0.25, 0.3) is 0 Å². The number of aromatic carboxylic acids is 1. The summed E-state index contributed by atoms with van der Waals surface area (Å²) in [5.41, 5.74) is 0.274. The van der Waals surface area contributed by atoms with Gasteiger partial charge in [0, 0.05) is 8.47 Å². The molecule has 0 unspecified atom stereocenters. The van der Waals surface area contributed by atoms with Gasteiger partial charge in [-0.2, -0.15) is 0 Å². The molecule has 0 saturated heterocycles. The molecular formula is C7H5IO2S. The second-order valence-electron chi connectivity index (χ2n) is 1.94. The molecular weight excluding hydrogens is 275 g/mol. The van der Waals surface area contributed by atoms with Gasteiger partial charge in [0.1, 0.15) is 0 Å². The maximum Gasteiger partial charge on any atom is 0.337 e. The van der Waals surface area contributed by atoms with E-state index < -0.39 is 5.97 Å². The first kappa shape index (κ1) is 8.86. The molecule has 1 aromatic rings. The molecule has 0 radical (unpaired) electrons. The van der Waals surface area contributed by atoms with Gasteiger partial charge in [-0.3, -0.25) is 0 Å². The molecule has 0 bridgehead atoms. The molecule has 0 saturated carbocycles. The summed E-state index contributed by atoms with van der Waals surface area (Å²) in [6.45, 7) is 0. The number of carbonyl (C=O) groups is 1. The van der Waals surface area contributed by atoms with Gasteiger partial charge in [0.15, 0.2) is 0 Å². The van der Waals surface area contributed by atoms with Gasteiger partial charge in [0.25, 0.3) is 0 Å². The Labute approximate surface area is 83.2 Å². The quantitative estimate of drug-likeness (QED) is 0.611. The number of carboxylic acids is 1. The molecule has 4 heteroatoms. The average molecular weight is 280 g/mol. The Hall–Kier alpha value is -0.230. The number of hydrogen-bond donors (Lipinski definition) is 2. The first-order valence-corrected chi connectivity index (χ1v) is 4.36. The number of halogens is 1. The first-order valence-electron chi connectivity index (χ1n) is 2.83. The first-order chi connectivity index (χ1) is 5.13. The molecule has 0 amide bonds. The Morgan fingerprint density at radius 2 is 2.18 bits per heavy atom. The van der Waals surface area contributed by atoms with Crippen molar-refractivity contribution in [1.82, 2.24) is 0 Å².